The number of nitrogens with one attached hydrogen (secondary N) is 1. The summed E-state index contributed by atoms with van der Waals surface area (Å²) in [4.78, 5) is 4.76. The van der Waals surface area contributed by atoms with Crippen LogP contribution in [0.5, 0.6) is 5.88 Å². The Morgan fingerprint density at radius 2 is 2.12 bits per heavy atom. The second-order valence-electron chi connectivity index (χ2n) is 10.0. The van der Waals surface area contributed by atoms with Gasteiger partial charge in [0.15, 0.2) is 11.9 Å². The third kappa shape index (κ3) is 3.94. The number of rotatable bonds is 4. The van der Waals surface area contributed by atoms with Gasteiger partial charge in [0.05, 0.1) is 0 Å². The molecule has 5 rings (SSSR count). The summed E-state index contributed by atoms with van der Waals surface area (Å²) in [5.74, 6) is 2.84. The van der Waals surface area contributed by atoms with E-state index in [1.165, 1.54) is 24.6 Å². The lowest BCUT2D eigenvalue weighted by atomic mass is 9.59. The number of para-hydroxylation sites is 1. The van der Waals surface area contributed by atoms with E-state index in [1.54, 1.807) is 5.57 Å². The van der Waals surface area contributed by atoms with Crippen molar-refractivity contribution in [3.63, 3.8) is 0 Å². The van der Waals surface area contributed by atoms with E-state index in [-0.39, 0.29) is 6.23 Å². The second kappa shape index (κ2) is 8.54. The molecule has 3 aliphatic rings. The van der Waals surface area contributed by atoms with Crippen molar-refractivity contribution in [2.75, 3.05) is 11.1 Å². The molecule has 168 valence electrons. The number of anilines is 1. The van der Waals surface area contributed by atoms with E-state index in [1.807, 2.05) is 12.1 Å². The minimum atomic E-state index is -0.152. The van der Waals surface area contributed by atoms with Gasteiger partial charge >= 0.3 is 0 Å². The van der Waals surface area contributed by atoms with Crippen molar-refractivity contribution in [3.05, 3.63) is 48.6 Å². The van der Waals surface area contributed by atoms with Crippen LogP contribution < -0.4 is 10.1 Å². The maximum atomic E-state index is 6.63. The molecule has 1 N–H and O–H groups in total. The summed E-state index contributed by atoms with van der Waals surface area (Å²) < 4.78 is 6.63. The second-order valence-corrected chi connectivity index (χ2v) is 11.0. The molecule has 1 aromatic carbocycles. The normalized spacial score (nSPS) is 28.0. The molecule has 2 aromatic rings. The average molecular weight is 449 g/mol. The number of thioether (sulfide) groups is 1. The first-order chi connectivity index (χ1) is 15.5. The van der Waals surface area contributed by atoms with Gasteiger partial charge in [0, 0.05) is 22.9 Å². The van der Waals surface area contributed by atoms with E-state index in [0.717, 1.165) is 29.8 Å². The molecule has 2 heterocycles. The highest BCUT2D eigenvalue weighted by Gasteiger charge is 2.44. The molecule has 0 amide bonds. The van der Waals surface area contributed by atoms with E-state index in [4.69, 9.17) is 9.72 Å². The van der Waals surface area contributed by atoms with Gasteiger partial charge in [-0.15, -0.1) is 16.8 Å². The van der Waals surface area contributed by atoms with Crippen LogP contribution in [0, 0.1) is 23.2 Å². The van der Waals surface area contributed by atoms with Gasteiger partial charge in [-0.3, -0.25) is 0 Å². The molecule has 1 fully saturated rings. The molecule has 0 bridgehead atoms. The van der Waals surface area contributed by atoms with Crippen LogP contribution in [0.15, 0.2) is 53.7 Å². The van der Waals surface area contributed by atoms with E-state index >= 15 is 0 Å². The summed E-state index contributed by atoms with van der Waals surface area (Å²) in [5, 5.41) is 13.2. The Morgan fingerprint density at radius 3 is 2.97 bits per heavy atom. The highest BCUT2D eigenvalue weighted by atomic mass is 32.2. The summed E-state index contributed by atoms with van der Waals surface area (Å²) >= 11 is 1.52. The summed E-state index contributed by atoms with van der Waals surface area (Å²) in [5.41, 5.74) is 4.73. The summed E-state index contributed by atoms with van der Waals surface area (Å²) in [6.45, 7) is 11.0. The Bertz CT molecular complexity index is 1050. The standard InChI is InChI=1S/C26H32N4OS/c1-5-13-32-25-28-24-22(29-30-25)18-10-6-7-11-21(18)27-23(31-24)19-15-20-17(14-16(19)2)9-8-12-26(20,3)4/h5-7,9-11,16,19-20,23,27H,1,8,12-15H2,2-4H3/t16-,19+,20+,23-/m1/s1. The molecule has 32 heavy (non-hydrogen) atoms. The molecule has 2 aliphatic carbocycles. The van der Waals surface area contributed by atoms with Crippen LogP contribution in [0.2, 0.25) is 0 Å². The molecular weight excluding hydrogens is 416 g/mol. The number of aromatic nitrogens is 3. The third-order valence-corrected chi connectivity index (χ3v) is 8.29. The van der Waals surface area contributed by atoms with Crippen molar-refractivity contribution in [1.82, 2.24) is 15.2 Å². The van der Waals surface area contributed by atoms with Crippen LogP contribution in [0.25, 0.3) is 11.3 Å². The van der Waals surface area contributed by atoms with Crippen LogP contribution in [0.4, 0.5) is 5.69 Å². The molecule has 1 aromatic heterocycles. The average Bonchev–Trinajstić information content (AvgIpc) is 2.93. The molecule has 0 saturated heterocycles. The number of hydrogen-bond acceptors (Lipinski definition) is 6. The van der Waals surface area contributed by atoms with Crippen LogP contribution in [-0.4, -0.2) is 27.2 Å². The lowest BCUT2D eigenvalue weighted by Crippen LogP contribution is -2.45. The topological polar surface area (TPSA) is 59.9 Å². The molecule has 4 atom stereocenters. The fourth-order valence-electron chi connectivity index (χ4n) is 5.65. The Morgan fingerprint density at radius 1 is 1.28 bits per heavy atom. The van der Waals surface area contributed by atoms with E-state index in [2.05, 4.69) is 67.1 Å². The Kier molecular flexibility index (Phi) is 5.74. The highest BCUT2D eigenvalue weighted by Crippen LogP contribution is 2.52. The van der Waals surface area contributed by atoms with Crippen LogP contribution in [0.3, 0.4) is 0 Å². The number of hydrogen-bond donors (Lipinski definition) is 1. The molecule has 0 spiro atoms. The van der Waals surface area contributed by atoms with Crippen molar-refractivity contribution in [2.45, 2.75) is 57.8 Å². The van der Waals surface area contributed by atoms with Crippen LogP contribution in [-0.2, 0) is 0 Å². The van der Waals surface area contributed by atoms with Crippen molar-refractivity contribution < 1.29 is 4.74 Å². The van der Waals surface area contributed by atoms with Crippen molar-refractivity contribution in [3.8, 4) is 17.1 Å². The molecule has 0 radical (unpaired) electrons. The monoisotopic (exact) mass is 448 g/mol. The molecule has 6 heteroatoms. The highest BCUT2D eigenvalue weighted by molar-refractivity contribution is 7.99. The van der Waals surface area contributed by atoms with Gasteiger partial charge in [-0.2, -0.15) is 4.98 Å². The smallest absolute Gasteiger partial charge is 0.247 e. The Labute approximate surface area is 195 Å². The van der Waals surface area contributed by atoms with Crippen molar-refractivity contribution in [2.24, 2.45) is 23.2 Å². The fraction of sp³-hybridized carbons (Fsp3) is 0.500. The first-order valence-corrected chi connectivity index (χ1v) is 12.6. The lowest BCUT2D eigenvalue weighted by molar-refractivity contribution is 0.0519. The number of nitrogens with zero attached hydrogens (tertiary/aromatic N) is 3. The largest absolute Gasteiger partial charge is 0.452 e. The zero-order valence-corrected chi connectivity index (χ0v) is 20.0. The maximum absolute atomic E-state index is 6.63. The van der Waals surface area contributed by atoms with Crippen molar-refractivity contribution >= 4 is 17.4 Å². The predicted octanol–water partition coefficient (Wildman–Crippen LogP) is 6.36. The molecular formula is C26H32N4OS. The number of fused-ring (bicyclic) bond motifs is 4. The molecule has 5 nitrogen and oxygen atoms in total. The van der Waals surface area contributed by atoms with Gasteiger partial charge in [0.2, 0.25) is 11.0 Å². The SMILES string of the molecule is C=CCSc1nnc2c(n1)O[C@H]([C@H]1C[C@H]3C(=CCCC3(C)C)C[C@H]1C)Nc1ccccc1-2. The van der Waals surface area contributed by atoms with Gasteiger partial charge < -0.3 is 10.1 Å². The van der Waals surface area contributed by atoms with Gasteiger partial charge in [-0.25, -0.2) is 0 Å². The van der Waals surface area contributed by atoms with Gasteiger partial charge in [-0.1, -0.05) is 68.5 Å². The van der Waals surface area contributed by atoms with Crippen molar-refractivity contribution in [1.29, 1.82) is 0 Å². The number of benzene rings is 1. The summed E-state index contributed by atoms with van der Waals surface area (Å²) in [7, 11) is 0. The predicted molar refractivity (Wildman–Crippen MR) is 131 cm³/mol. The summed E-state index contributed by atoms with van der Waals surface area (Å²) in [6.07, 6.45) is 8.95. The zero-order valence-electron chi connectivity index (χ0n) is 19.2. The first kappa shape index (κ1) is 21.5. The van der Waals surface area contributed by atoms with Crippen LogP contribution >= 0.6 is 11.8 Å². The minimum absolute atomic E-state index is 0.152. The molecule has 1 saturated carbocycles. The Hall–Kier alpha value is -2.34. The number of allylic oxidation sites excluding steroid dienone is 2. The van der Waals surface area contributed by atoms with Gasteiger partial charge in [-0.05, 0) is 49.0 Å². The van der Waals surface area contributed by atoms with Gasteiger partial charge in [0.1, 0.15) is 0 Å². The van der Waals surface area contributed by atoms with E-state index < -0.39 is 0 Å². The maximum Gasteiger partial charge on any atom is 0.247 e. The number of ether oxygens (including phenoxy) is 1. The Balaban J connectivity index is 1.51. The fourth-order valence-corrected chi connectivity index (χ4v) is 6.16. The van der Waals surface area contributed by atoms with E-state index in [9.17, 15) is 0 Å². The molecule has 0 unspecified atom stereocenters. The first-order valence-electron chi connectivity index (χ1n) is 11.7. The van der Waals surface area contributed by atoms with Crippen LogP contribution in [0.1, 0.15) is 46.5 Å². The molecule has 1 aliphatic heterocycles. The van der Waals surface area contributed by atoms with E-state index in [0.29, 0.717) is 39.9 Å². The lowest BCUT2D eigenvalue weighted by Gasteiger charge is -2.48. The minimum Gasteiger partial charge on any atom is -0.452 e. The quantitative estimate of drug-likeness (QED) is 0.434. The third-order valence-electron chi connectivity index (χ3n) is 7.46. The van der Waals surface area contributed by atoms with Gasteiger partial charge in [0.25, 0.3) is 0 Å². The summed E-state index contributed by atoms with van der Waals surface area (Å²) in [6, 6.07) is 8.25. The zero-order chi connectivity index (χ0) is 22.3.